The summed E-state index contributed by atoms with van der Waals surface area (Å²) in [5.74, 6) is 0. The molecule has 0 aliphatic carbocycles. The van der Waals surface area contributed by atoms with E-state index in [4.69, 9.17) is 0 Å². The van der Waals surface area contributed by atoms with E-state index in [0.717, 1.165) is 0 Å². The average Bonchev–Trinajstić information content (AvgIpc) is 2.30. The fourth-order valence-corrected chi connectivity index (χ4v) is 2.57. The first kappa shape index (κ1) is 8.88. The fraction of sp³-hybridized carbons (Fsp3) is 0. The van der Waals surface area contributed by atoms with Crippen molar-refractivity contribution >= 4 is 36.1 Å². The average molecular weight is 210 g/mol. The quantitative estimate of drug-likeness (QED) is 0.393. The SMILES string of the molecule is Pc1c2ccccc2cc2ccccc12. The summed E-state index contributed by atoms with van der Waals surface area (Å²) in [4.78, 5) is 0. The van der Waals surface area contributed by atoms with Crippen LogP contribution in [-0.2, 0) is 0 Å². The molecule has 0 radical (unpaired) electrons. The molecule has 3 aromatic carbocycles. The van der Waals surface area contributed by atoms with Crippen molar-refractivity contribution in [2.45, 2.75) is 0 Å². The highest BCUT2D eigenvalue weighted by Gasteiger charge is 2.01. The van der Waals surface area contributed by atoms with Gasteiger partial charge in [-0.2, -0.15) is 0 Å². The minimum Gasteiger partial charge on any atom is -0.104 e. The van der Waals surface area contributed by atoms with E-state index in [1.165, 1.54) is 26.8 Å². The zero-order chi connectivity index (χ0) is 10.3. The van der Waals surface area contributed by atoms with Gasteiger partial charge in [0.25, 0.3) is 0 Å². The molecule has 0 saturated heterocycles. The van der Waals surface area contributed by atoms with E-state index in [2.05, 4.69) is 63.8 Å². The molecule has 3 rings (SSSR count). The number of fused-ring (bicyclic) bond motifs is 2. The van der Waals surface area contributed by atoms with Crippen LogP contribution in [0.25, 0.3) is 21.5 Å². The lowest BCUT2D eigenvalue weighted by molar-refractivity contribution is 1.79. The van der Waals surface area contributed by atoms with Crippen molar-refractivity contribution in [3.8, 4) is 0 Å². The van der Waals surface area contributed by atoms with E-state index in [1.54, 1.807) is 0 Å². The summed E-state index contributed by atoms with van der Waals surface area (Å²) in [7, 11) is 2.86. The summed E-state index contributed by atoms with van der Waals surface area (Å²) in [6.07, 6.45) is 0. The molecule has 72 valence electrons. The standard InChI is InChI=1S/C14H11P/c15-14-12-7-3-1-5-10(12)9-11-6-2-4-8-13(11)14/h1-9H,15H2. The third kappa shape index (κ3) is 1.33. The summed E-state index contributed by atoms with van der Waals surface area (Å²) in [6, 6.07) is 19.3. The molecule has 0 bridgehead atoms. The number of benzene rings is 3. The summed E-state index contributed by atoms with van der Waals surface area (Å²) in [5.41, 5.74) is 0. The first-order valence-electron chi connectivity index (χ1n) is 5.02. The Bertz CT molecular complexity index is 587. The maximum Gasteiger partial charge on any atom is -0.0106 e. The van der Waals surface area contributed by atoms with Gasteiger partial charge >= 0.3 is 0 Å². The Morgan fingerprint density at radius 2 is 1.13 bits per heavy atom. The van der Waals surface area contributed by atoms with Gasteiger partial charge in [0.05, 0.1) is 0 Å². The zero-order valence-electron chi connectivity index (χ0n) is 8.27. The smallest absolute Gasteiger partial charge is 0.0106 e. The third-order valence-electron chi connectivity index (χ3n) is 2.81. The first-order chi connectivity index (χ1) is 7.36. The van der Waals surface area contributed by atoms with Crippen molar-refractivity contribution in [3.63, 3.8) is 0 Å². The molecule has 0 fully saturated rings. The minimum absolute atomic E-state index is 1.30. The van der Waals surface area contributed by atoms with Crippen molar-refractivity contribution in [1.29, 1.82) is 0 Å². The highest BCUT2D eigenvalue weighted by atomic mass is 31.0. The Kier molecular flexibility index (Phi) is 1.97. The van der Waals surface area contributed by atoms with Crippen LogP contribution in [0.15, 0.2) is 54.6 Å². The van der Waals surface area contributed by atoms with E-state index in [0.29, 0.717) is 0 Å². The number of hydrogen-bond acceptors (Lipinski definition) is 0. The summed E-state index contributed by atoms with van der Waals surface area (Å²) < 4.78 is 0. The molecule has 0 amide bonds. The van der Waals surface area contributed by atoms with Crippen LogP contribution >= 0.6 is 9.24 Å². The van der Waals surface area contributed by atoms with E-state index < -0.39 is 0 Å². The van der Waals surface area contributed by atoms with Crippen molar-refractivity contribution in [2.24, 2.45) is 0 Å². The molecule has 1 unspecified atom stereocenters. The predicted octanol–water partition coefficient (Wildman–Crippen LogP) is 3.49. The Morgan fingerprint density at radius 1 is 0.667 bits per heavy atom. The highest BCUT2D eigenvalue weighted by Crippen LogP contribution is 2.22. The highest BCUT2D eigenvalue weighted by molar-refractivity contribution is 7.29. The molecule has 1 atom stereocenters. The molecule has 0 aromatic heterocycles. The summed E-state index contributed by atoms with van der Waals surface area (Å²) in [6.45, 7) is 0. The third-order valence-corrected chi connectivity index (χ3v) is 3.43. The Balaban J connectivity index is 2.60. The second-order valence-electron chi connectivity index (χ2n) is 3.73. The topological polar surface area (TPSA) is 0 Å². The van der Waals surface area contributed by atoms with Crippen LogP contribution in [-0.4, -0.2) is 0 Å². The number of rotatable bonds is 0. The maximum atomic E-state index is 2.86. The molecule has 0 heterocycles. The van der Waals surface area contributed by atoms with Gasteiger partial charge in [-0.3, -0.25) is 0 Å². The van der Waals surface area contributed by atoms with Crippen LogP contribution in [0.5, 0.6) is 0 Å². The van der Waals surface area contributed by atoms with Gasteiger partial charge in [-0.1, -0.05) is 48.5 Å². The largest absolute Gasteiger partial charge is 0.104 e. The normalized spacial score (nSPS) is 11.0. The van der Waals surface area contributed by atoms with Crippen molar-refractivity contribution in [1.82, 2.24) is 0 Å². The zero-order valence-corrected chi connectivity index (χ0v) is 9.43. The van der Waals surface area contributed by atoms with E-state index in [1.807, 2.05) is 0 Å². The van der Waals surface area contributed by atoms with Gasteiger partial charge in [-0.25, -0.2) is 0 Å². The van der Waals surface area contributed by atoms with Gasteiger partial charge in [-0.05, 0) is 32.9 Å². The molecule has 15 heavy (non-hydrogen) atoms. The fourth-order valence-electron chi connectivity index (χ4n) is 2.05. The maximum absolute atomic E-state index is 2.86. The lowest BCUT2D eigenvalue weighted by Crippen LogP contribution is -1.95. The minimum atomic E-state index is 1.30. The molecule has 0 aliphatic heterocycles. The van der Waals surface area contributed by atoms with Crippen LogP contribution in [0.2, 0.25) is 0 Å². The molecule has 0 aliphatic rings. The molecule has 0 spiro atoms. The molecule has 0 N–H and O–H groups in total. The molecular formula is C14H11P. The first-order valence-corrected chi connectivity index (χ1v) is 5.60. The Labute approximate surface area is 91.1 Å². The van der Waals surface area contributed by atoms with Gasteiger partial charge in [0.1, 0.15) is 0 Å². The molecule has 3 aromatic rings. The molecular weight excluding hydrogens is 199 g/mol. The van der Waals surface area contributed by atoms with Crippen molar-refractivity contribution in [3.05, 3.63) is 54.6 Å². The Morgan fingerprint density at radius 3 is 1.67 bits per heavy atom. The molecule has 1 heteroatoms. The molecule has 0 saturated carbocycles. The van der Waals surface area contributed by atoms with E-state index in [-0.39, 0.29) is 0 Å². The summed E-state index contributed by atoms with van der Waals surface area (Å²) >= 11 is 0. The van der Waals surface area contributed by atoms with Gasteiger partial charge in [-0.15, -0.1) is 9.24 Å². The lowest BCUT2D eigenvalue weighted by atomic mass is 10.0. The second kappa shape index (κ2) is 3.32. The predicted molar refractivity (Wildman–Crippen MR) is 70.8 cm³/mol. The van der Waals surface area contributed by atoms with Crippen molar-refractivity contribution < 1.29 is 0 Å². The van der Waals surface area contributed by atoms with Gasteiger partial charge < -0.3 is 0 Å². The van der Waals surface area contributed by atoms with Gasteiger partial charge in [0.15, 0.2) is 0 Å². The monoisotopic (exact) mass is 210 g/mol. The van der Waals surface area contributed by atoms with Crippen LogP contribution in [0.4, 0.5) is 0 Å². The van der Waals surface area contributed by atoms with Gasteiger partial charge in [0.2, 0.25) is 0 Å². The van der Waals surface area contributed by atoms with Crippen LogP contribution in [0, 0.1) is 0 Å². The van der Waals surface area contributed by atoms with Crippen LogP contribution in [0.1, 0.15) is 0 Å². The summed E-state index contributed by atoms with van der Waals surface area (Å²) in [5, 5.41) is 6.55. The van der Waals surface area contributed by atoms with Crippen LogP contribution in [0.3, 0.4) is 0 Å². The van der Waals surface area contributed by atoms with E-state index >= 15 is 0 Å². The Hall–Kier alpha value is -1.39. The van der Waals surface area contributed by atoms with Crippen molar-refractivity contribution in [2.75, 3.05) is 0 Å². The molecule has 0 nitrogen and oxygen atoms in total. The second-order valence-corrected chi connectivity index (χ2v) is 4.31. The van der Waals surface area contributed by atoms with Crippen LogP contribution < -0.4 is 5.30 Å². The number of hydrogen-bond donors (Lipinski definition) is 0. The lowest BCUT2D eigenvalue weighted by Gasteiger charge is -2.06. The van der Waals surface area contributed by atoms with E-state index in [9.17, 15) is 0 Å². The van der Waals surface area contributed by atoms with Gasteiger partial charge in [0, 0.05) is 0 Å².